The quantitative estimate of drug-likeness (QED) is 0.142. The first-order chi connectivity index (χ1) is 25.3. The van der Waals surface area contributed by atoms with Crippen molar-refractivity contribution >= 4 is 28.8 Å². The molecule has 2 amide bonds. The van der Waals surface area contributed by atoms with Gasteiger partial charge in [0, 0.05) is 63.9 Å². The highest BCUT2D eigenvalue weighted by atomic mass is 32.1. The third kappa shape index (κ3) is 8.20. The number of methoxy groups -OCH3 is 1. The second-order valence-corrected chi connectivity index (χ2v) is 13.6. The molecule has 286 valence electrons. The molecule has 3 aliphatic rings. The summed E-state index contributed by atoms with van der Waals surface area (Å²) >= 11 is 0.393. The zero-order valence-corrected chi connectivity index (χ0v) is 29.6. The molecule has 2 aromatic heterocycles. The van der Waals surface area contributed by atoms with Crippen LogP contribution in [-0.2, 0) is 21.9 Å². The molecule has 17 heteroatoms. The Morgan fingerprint density at radius 1 is 1.02 bits per heavy atom. The Hall–Kier alpha value is -4.51. The number of aromatic nitrogens is 1. The van der Waals surface area contributed by atoms with Gasteiger partial charge in [-0.1, -0.05) is 24.3 Å². The molecule has 53 heavy (non-hydrogen) atoms. The summed E-state index contributed by atoms with van der Waals surface area (Å²) in [5, 5.41) is 1.15. The molecule has 2 fully saturated rings. The number of piperazine rings is 1. The number of carbonyl (C=O) groups excluding carboxylic acids is 2. The highest BCUT2D eigenvalue weighted by Gasteiger charge is 2.56. The van der Waals surface area contributed by atoms with Gasteiger partial charge in [0.25, 0.3) is 11.8 Å². The van der Waals surface area contributed by atoms with Gasteiger partial charge in [-0.3, -0.25) is 9.59 Å². The van der Waals surface area contributed by atoms with Gasteiger partial charge in [-0.2, -0.15) is 26.3 Å². The molecule has 5 heterocycles. The molecule has 0 unspecified atom stereocenters. The van der Waals surface area contributed by atoms with Crippen LogP contribution in [0.3, 0.4) is 0 Å². The van der Waals surface area contributed by atoms with E-state index in [0.29, 0.717) is 49.5 Å². The molecule has 0 saturated carbocycles. The van der Waals surface area contributed by atoms with Crippen molar-refractivity contribution in [3.05, 3.63) is 76.1 Å². The normalized spacial score (nSPS) is 21.3. The molecule has 2 atom stereocenters. The predicted molar refractivity (Wildman–Crippen MR) is 182 cm³/mol. The number of anilines is 1. The smallest absolute Gasteiger partial charge is 0.425 e. The van der Waals surface area contributed by atoms with Gasteiger partial charge in [0.15, 0.2) is 0 Å². The number of carbonyl (C=O) groups is 2. The molecule has 0 aliphatic carbocycles. The topological polar surface area (TPSA) is 93.7 Å². The maximum Gasteiger partial charge on any atom is 0.425 e. The van der Waals surface area contributed by atoms with Crippen LogP contribution >= 0.6 is 11.3 Å². The maximum atomic E-state index is 15.0. The minimum Gasteiger partial charge on any atom is -0.489 e. The number of hydrogen-bond donors (Lipinski definition) is 0. The number of nitrogens with zero attached hydrogens (tertiary/aromatic N) is 4. The molecule has 10 nitrogen and oxygen atoms in total. The molecule has 0 spiro atoms. The number of halogens is 6. The summed E-state index contributed by atoms with van der Waals surface area (Å²) in [6.07, 6.45) is -5.00. The fraction of sp³-hybridized carbons (Fsp3) is 0.472. The van der Waals surface area contributed by atoms with Crippen LogP contribution in [0.4, 0.5) is 32.0 Å². The summed E-state index contributed by atoms with van der Waals surface area (Å²) in [4.78, 5) is 37.1. The van der Waals surface area contributed by atoms with Crippen molar-refractivity contribution in [2.75, 3.05) is 64.6 Å². The molecule has 0 N–H and O–H groups in total. The van der Waals surface area contributed by atoms with Gasteiger partial charge in [-0.05, 0) is 37.5 Å². The van der Waals surface area contributed by atoms with E-state index in [1.165, 1.54) is 0 Å². The standard InChI is InChI=1S/C36H38F6N4O6S/c1-49-20-21-50-27-9-5-4-8-26(27)44-15-17-45(18-16-44)33(48)34(52-24-22-29(53-23-24)36(40,41)42)12-7-14-46-28(34)10-3-2-6-19-51-31-30(32(46)47)25(11-13-43-31)35(37,38)39/h2-5,8-9,11,13,22-23,28H,6-7,10,12,14-21H2,1H3/t28-,34+/m1/s1. The number of rotatable bonds is 8. The van der Waals surface area contributed by atoms with Crippen LogP contribution in [0, 0.1) is 0 Å². The average Bonchev–Trinajstić information content (AvgIpc) is 3.61. The van der Waals surface area contributed by atoms with E-state index in [1.807, 2.05) is 29.2 Å². The lowest BCUT2D eigenvalue weighted by atomic mass is 9.80. The third-order valence-electron chi connectivity index (χ3n) is 9.44. The van der Waals surface area contributed by atoms with Crippen LogP contribution in [0.5, 0.6) is 17.4 Å². The Kier molecular flexibility index (Phi) is 11.4. The van der Waals surface area contributed by atoms with Gasteiger partial charge in [0.2, 0.25) is 11.5 Å². The van der Waals surface area contributed by atoms with E-state index in [-0.39, 0.29) is 57.7 Å². The van der Waals surface area contributed by atoms with Gasteiger partial charge >= 0.3 is 12.4 Å². The Bertz CT molecular complexity index is 1790. The fourth-order valence-electron chi connectivity index (χ4n) is 6.99. The number of thiophene rings is 1. The lowest BCUT2D eigenvalue weighted by Crippen LogP contribution is -2.69. The van der Waals surface area contributed by atoms with Gasteiger partial charge in [0.05, 0.1) is 30.5 Å². The van der Waals surface area contributed by atoms with Gasteiger partial charge < -0.3 is 33.6 Å². The van der Waals surface area contributed by atoms with E-state index >= 15 is 0 Å². The van der Waals surface area contributed by atoms with E-state index in [9.17, 15) is 35.9 Å². The first kappa shape index (κ1) is 38.2. The van der Waals surface area contributed by atoms with E-state index < -0.39 is 57.7 Å². The number of hydrogen-bond acceptors (Lipinski definition) is 9. The molecule has 0 radical (unpaired) electrons. The Balaban J connectivity index is 1.37. The molecule has 1 aromatic carbocycles. The second-order valence-electron chi connectivity index (χ2n) is 12.7. The number of alkyl halides is 6. The van der Waals surface area contributed by atoms with Gasteiger partial charge in [-0.25, -0.2) is 4.98 Å². The lowest BCUT2D eigenvalue weighted by molar-refractivity contribution is -0.159. The number of para-hydroxylation sites is 2. The first-order valence-electron chi connectivity index (χ1n) is 17.1. The molecule has 0 bridgehead atoms. The molecule has 6 rings (SSSR count). The number of fused-ring (bicyclic) bond motifs is 2. The van der Waals surface area contributed by atoms with Crippen molar-refractivity contribution in [2.24, 2.45) is 0 Å². The van der Waals surface area contributed by atoms with E-state index in [2.05, 4.69) is 4.98 Å². The number of piperidine rings is 1. The number of benzene rings is 1. The monoisotopic (exact) mass is 768 g/mol. The molecular formula is C36H38F6N4O6S. The van der Waals surface area contributed by atoms with E-state index in [1.54, 1.807) is 24.2 Å². The van der Waals surface area contributed by atoms with Crippen LogP contribution in [-0.4, -0.2) is 97.9 Å². The second kappa shape index (κ2) is 15.8. The summed E-state index contributed by atoms with van der Waals surface area (Å²) in [5.41, 5.74) is -3.21. The van der Waals surface area contributed by atoms with Crippen molar-refractivity contribution in [1.29, 1.82) is 0 Å². The minimum atomic E-state index is -4.95. The van der Waals surface area contributed by atoms with Crippen molar-refractivity contribution < 1.29 is 54.9 Å². The van der Waals surface area contributed by atoms with Crippen LogP contribution in [0.2, 0.25) is 0 Å². The molecule has 3 aromatic rings. The van der Waals surface area contributed by atoms with Crippen molar-refractivity contribution in [2.45, 2.75) is 49.7 Å². The lowest BCUT2D eigenvalue weighted by Gasteiger charge is -2.50. The number of ether oxygens (including phenoxy) is 4. The van der Waals surface area contributed by atoms with Crippen molar-refractivity contribution in [3.63, 3.8) is 0 Å². The number of amides is 2. The molecular weight excluding hydrogens is 730 g/mol. The molecule has 2 saturated heterocycles. The molecule has 3 aliphatic heterocycles. The van der Waals surface area contributed by atoms with Crippen LogP contribution in [0.1, 0.15) is 46.5 Å². The summed E-state index contributed by atoms with van der Waals surface area (Å²) in [7, 11) is 1.57. The highest BCUT2D eigenvalue weighted by molar-refractivity contribution is 7.10. The van der Waals surface area contributed by atoms with Crippen LogP contribution < -0.4 is 19.1 Å². The maximum absolute atomic E-state index is 15.0. The third-order valence-corrected chi connectivity index (χ3v) is 10.4. The highest BCUT2D eigenvalue weighted by Crippen LogP contribution is 2.44. The van der Waals surface area contributed by atoms with Crippen molar-refractivity contribution in [3.8, 4) is 17.4 Å². The Morgan fingerprint density at radius 2 is 1.79 bits per heavy atom. The van der Waals surface area contributed by atoms with E-state index in [4.69, 9.17) is 18.9 Å². The van der Waals surface area contributed by atoms with Crippen LogP contribution in [0.25, 0.3) is 0 Å². The van der Waals surface area contributed by atoms with Gasteiger partial charge in [-0.15, -0.1) is 11.3 Å². The largest absolute Gasteiger partial charge is 0.489 e. The summed E-state index contributed by atoms with van der Waals surface area (Å²) in [6.45, 7) is 1.68. The number of pyridine rings is 1. The van der Waals surface area contributed by atoms with Crippen molar-refractivity contribution in [1.82, 2.24) is 14.8 Å². The predicted octanol–water partition coefficient (Wildman–Crippen LogP) is 6.71. The minimum absolute atomic E-state index is 0.00969. The summed E-state index contributed by atoms with van der Waals surface area (Å²) in [6, 6.07) is 7.70. The fourth-order valence-corrected chi connectivity index (χ4v) is 7.67. The SMILES string of the molecule is COCCOc1ccccc1N1CCN(C(=O)[C@]2(Oc3csc(C(F)(F)F)c3)CCCN3C(=O)c4c(C(F)(F)F)ccnc4OCCC=CC[C@@H]32)CC1. The average molecular weight is 769 g/mol. The van der Waals surface area contributed by atoms with Gasteiger partial charge in [0.1, 0.15) is 28.5 Å². The van der Waals surface area contributed by atoms with Crippen LogP contribution in [0.15, 0.2) is 60.1 Å². The van der Waals surface area contributed by atoms with E-state index in [0.717, 1.165) is 28.2 Å². The Labute approximate surface area is 305 Å². The first-order valence-corrected chi connectivity index (χ1v) is 18.0. The summed E-state index contributed by atoms with van der Waals surface area (Å²) < 4.78 is 107. The summed E-state index contributed by atoms with van der Waals surface area (Å²) in [5.74, 6) is -1.75. The zero-order valence-electron chi connectivity index (χ0n) is 28.8. The Morgan fingerprint density at radius 3 is 2.51 bits per heavy atom. The zero-order chi connectivity index (χ0) is 37.8.